The van der Waals surface area contributed by atoms with E-state index in [1.807, 2.05) is 36.4 Å². The van der Waals surface area contributed by atoms with Gasteiger partial charge in [-0.2, -0.15) is 0 Å². The maximum absolute atomic E-state index is 12.7. The van der Waals surface area contributed by atoms with Crippen LogP contribution >= 0.6 is 11.8 Å². The van der Waals surface area contributed by atoms with Gasteiger partial charge in [-0.1, -0.05) is 6.07 Å². The number of methoxy groups -OCH3 is 1. The van der Waals surface area contributed by atoms with Crippen molar-refractivity contribution < 1.29 is 14.3 Å². The van der Waals surface area contributed by atoms with Gasteiger partial charge in [0, 0.05) is 42.0 Å². The average Bonchev–Trinajstić information content (AvgIpc) is 3.22. The van der Waals surface area contributed by atoms with E-state index in [0.29, 0.717) is 11.8 Å². The smallest absolute Gasteiger partial charge is 0.234 e. The molecule has 9 nitrogen and oxygen atoms in total. The molecule has 4 heterocycles. The minimum absolute atomic E-state index is 0.00115. The Labute approximate surface area is 207 Å². The highest BCUT2D eigenvalue weighted by atomic mass is 32.2. The zero-order chi connectivity index (χ0) is 23.9. The van der Waals surface area contributed by atoms with E-state index in [-0.39, 0.29) is 23.8 Å². The van der Waals surface area contributed by atoms with Gasteiger partial charge in [0.25, 0.3) is 0 Å². The first kappa shape index (κ1) is 22.1. The van der Waals surface area contributed by atoms with Crippen molar-refractivity contribution >= 4 is 46.0 Å². The molecule has 6 rings (SSSR count). The van der Waals surface area contributed by atoms with E-state index in [0.717, 1.165) is 64.7 Å². The van der Waals surface area contributed by atoms with Crippen LogP contribution in [0.4, 0.5) is 11.5 Å². The third kappa shape index (κ3) is 4.28. The number of fused-ring (bicyclic) bond motifs is 2. The molecule has 2 aromatic carbocycles. The number of thioether (sulfide) groups is 1. The van der Waals surface area contributed by atoms with E-state index in [4.69, 9.17) is 4.74 Å². The molecule has 1 aromatic heterocycles. The number of carbonyl (C=O) groups is 2. The summed E-state index contributed by atoms with van der Waals surface area (Å²) >= 11 is 1.53. The highest BCUT2D eigenvalue weighted by Crippen LogP contribution is 2.36. The Bertz CT molecular complexity index is 1310. The minimum Gasteiger partial charge on any atom is -0.497 e. The normalized spacial score (nSPS) is 21.9. The van der Waals surface area contributed by atoms with Crippen LogP contribution in [-0.2, 0) is 9.59 Å². The van der Waals surface area contributed by atoms with Gasteiger partial charge in [-0.15, -0.1) is 11.8 Å². The quantitative estimate of drug-likeness (QED) is 0.482. The third-order valence-electron chi connectivity index (χ3n) is 6.88. The molecule has 3 aromatic rings. The molecule has 3 N–H and O–H groups in total. The van der Waals surface area contributed by atoms with E-state index in [1.165, 1.54) is 11.8 Å². The van der Waals surface area contributed by atoms with Crippen molar-refractivity contribution in [2.24, 2.45) is 0 Å². The van der Waals surface area contributed by atoms with E-state index < -0.39 is 0 Å². The summed E-state index contributed by atoms with van der Waals surface area (Å²) in [7, 11) is 1.66. The Morgan fingerprint density at radius 3 is 2.91 bits per heavy atom. The summed E-state index contributed by atoms with van der Waals surface area (Å²) in [6.45, 7) is 2.40. The van der Waals surface area contributed by atoms with Gasteiger partial charge in [-0.05, 0) is 42.3 Å². The van der Waals surface area contributed by atoms with Gasteiger partial charge in [0.2, 0.25) is 11.8 Å². The first-order valence-electron chi connectivity index (χ1n) is 11.7. The fourth-order valence-corrected chi connectivity index (χ4v) is 5.77. The Morgan fingerprint density at radius 2 is 2.06 bits per heavy atom. The number of nitrogens with one attached hydrogen (secondary N) is 3. The molecular weight excluding hydrogens is 464 g/mol. The first-order valence-corrected chi connectivity index (χ1v) is 12.7. The monoisotopic (exact) mass is 490 g/mol. The summed E-state index contributed by atoms with van der Waals surface area (Å²) in [6, 6.07) is 12.2. The maximum Gasteiger partial charge on any atom is 0.234 e. The second kappa shape index (κ2) is 9.01. The van der Waals surface area contributed by atoms with Crippen molar-refractivity contribution in [1.82, 2.24) is 20.6 Å². The average molecular weight is 491 g/mol. The summed E-state index contributed by atoms with van der Waals surface area (Å²) in [6.07, 6.45) is 2.34. The lowest BCUT2D eigenvalue weighted by Gasteiger charge is -2.41. The Balaban J connectivity index is 1.05. The van der Waals surface area contributed by atoms with Crippen LogP contribution in [-0.4, -0.2) is 66.4 Å². The van der Waals surface area contributed by atoms with Crippen molar-refractivity contribution in [3.05, 3.63) is 48.3 Å². The van der Waals surface area contributed by atoms with Crippen molar-refractivity contribution in [1.29, 1.82) is 0 Å². The molecular formula is C25H26N6O3S. The van der Waals surface area contributed by atoms with E-state index in [9.17, 15) is 9.59 Å². The van der Waals surface area contributed by atoms with Gasteiger partial charge in [0.1, 0.15) is 17.9 Å². The number of ether oxygens (including phenoxy) is 1. The number of amides is 2. The zero-order valence-corrected chi connectivity index (χ0v) is 20.1. The molecule has 3 aliphatic rings. The topological polar surface area (TPSA) is 108 Å². The van der Waals surface area contributed by atoms with Gasteiger partial charge < -0.3 is 25.6 Å². The number of carbonyl (C=O) groups excluding carboxylic acids is 2. The Morgan fingerprint density at radius 1 is 1.17 bits per heavy atom. The van der Waals surface area contributed by atoms with Crippen LogP contribution in [0.5, 0.6) is 5.75 Å². The van der Waals surface area contributed by atoms with Crippen molar-refractivity contribution in [2.75, 3.05) is 42.7 Å². The van der Waals surface area contributed by atoms with Crippen molar-refractivity contribution in [2.45, 2.75) is 29.3 Å². The number of aromatic nitrogens is 2. The Hall–Kier alpha value is -3.37. The number of benzene rings is 2. The molecule has 10 heteroatoms. The molecule has 1 unspecified atom stereocenters. The van der Waals surface area contributed by atoms with Crippen LogP contribution in [0, 0.1) is 0 Å². The molecule has 0 saturated carbocycles. The van der Waals surface area contributed by atoms with Crippen molar-refractivity contribution in [3.8, 4) is 5.75 Å². The summed E-state index contributed by atoms with van der Waals surface area (Å²) in [5.41, 5.74) is 2.65. The molecule has 2 saturated heterocycles. The van der Waals surface area contributed by atoms with Crippen molar-refractivity contribution in [3.63, 3.8) is 0 Å². The lowest BCUT2D eigenvalue weighted by Crippen LogP contribution is -2.60. The molecule has 0 spiro atoms. The molecule has 0 radical (unpaired) electrons. The van der Waals surface area contributed by atoms with Gasteiger partial charge in [0.15, 0.2) is 0 Å². The number of hydrogen-bond donors (Lipinski definition) is 3. The summed E-state index contributed by atoms with van der Waals surface area (Å²) in [4.78, 5) is 36.6. The lowest BCUT2D eigenvalue weighted by molar-refractivity contribution is -0.120. The molecule has 0 bridgehead atoms. The number of nitrogens with zero attached hydrogens (tertiary/aromatic N) is 3. The predicted octanol–water partition coefficient (Wildman–Crippen LogP) is 2.13. The van der Waals surface area contributed by atoms with Gasteiger partial charge in [-0.3, -0.25) is 9.59 Å². The maximum atomic E-state index is 12.7. The number of hydrogen-bond acceptors (Lipinski definition) is 8. The molecule has 2 fully saturated rings. The first-order chi connectivity index (χ1) is 17.1. The van der Waals surface area contributed by atoms with Gasteiger partial charge in [-0.25, -0.2) is 9.97 Å². The summed E-state index contributed by atoms with van der Waals surface area (Å²) in [5.74, 6) is 1.99. The molecule has 2 atom stereocenters. The van der Waals surface area contributed by atoms with Crippen LogP contribution in [0.3, 0.4) is 0 Å². The van der Waals surface area contributed by atoms with Crippen LogP contribution in [0.1, 0.15) is 17.9 Å². The largest absolute Gasteiger partial charge is 0.497 e. The van der Waals surface area contributed by atoms with Gasteiger partial charge in [0.05, 0.1) is 30.0 Å². The molecule has 35 heavy (non-hydrogen) atoms. The molecule has 3 aliphatic heterocycles. The fraction of sp³-hybridized carbons (Fsp3) is 0.360. The standard InChI is InChI=1S/C25H26N6O3S/c1-34-17-3-4-20-19(8-17)24(28-13-27-20)31-10-16(11-31)26-9-15-7-18(25(33)29-15)14-2-5-22-21(6-14)30-23(32)12-35-22/h2-6,8,13,15-16,18,26H,7,9-12H2,1H3,(H,29,33)(H,30,32)/t15?,18-/m1/s1. The highest BCUT2D eigenvalue weighted by molar-refractivity contribution is 8.00. The van der Waals surface area contributed by atoms with Gasteiger partial charge >= 0.3 is 0 Å². The molecule has 0 aliphatic carbocycles. The second-order valence-corrected chi connectivity index (χ2v) is 10.2. The van der Waals surface area contributed by atoms with Crippen LogP contribution in [0.2, 0.25) is 0 Å². The minimum atomic E-state index is -0.198. The Kier molecular flexibility index (Phi) is 5.69. The predicted molar refractivity (Wildman–Crippen MR) is 135 cm³/mol. The molecule has 180 valence electrons. The van der Waals surface area contributed by atoms with E-state index in [2.05, 4.69) is 30.8 Å². The second-order valence-electron chi connectivity index (χ2n) is 9.18. The fourth-order valence-electron chi connectivity index (χ4n) is 4.98. The van der Waals surface area contributed by atoms with E-state index >= 15 is 0 Å². The summed E-state index contributed by atoms with van der Waals surface area (Å²) < 4.78 is 5.37. The van der Waals surface area contributed by atoms with Crippen LogP contribution in [0.15, 0.2) is 47.6 Å². The zero-order valence-electron chi connectivity index (χ0n) is 19.3. The van der Waals surface area contributed by atoms with E-state index in [1.54, 1.807) is 13.4 Å². The number of anilines is 2. The van der Waals surface area contributed by atoms with Crippen LogP contribution in [0.25, 0.3) is 10.9 Å². The SMILES string of the molecule is COc1ccc2ncnc(N3CC(NCC4C[C@H](c5ccc6c(c5)NC(=O)CS6)C(=O)N4)C3)c2c1. The van der Waals surface area contributed by atoms with Crippen LogP contribution < -0.4 is 25.6 Å². The third-order valence-corrected chi connectivity index (χ3v) is 7.95. The molecule has 2 amide bonds. The summed E-state index contributed by atoms with van der Waals surface area (Å²) in [5, 5.41) is 10.6. The lowest BCUT2D eigenvalue weighted by atomic mass is 9.95. The number of rotatable bonds is 6. The highest BCUT2D eigenvalue weighted by Gasteiger charge is 2.35.